The van der Waals surface area contributed by atoms with E-state index >= 15 is 0 Å². The Hall–Kier alpha value is -0.950. The molecule has 3 nitrogen and oxygen atoms in total. The van der Waals surface area contributed by atoms with Gasteiger partial charge in [0.25, 0.3) is 0 Å². The molecule has 0 N–H and O–H groups in total. The van der Waals surface area contributed by atoms with Gasteiger partial charge in [-0.05, 0) is 250 Å². The monoisotopic (exact) mass is 983 g/mol. The third-order valence-electron chi connectivity index (χ3n) is 26.1. The minimum Gasteiger partial charge on any atom is -0.457 e. The first-order valence-electron chi connectivity index (χ1n) is 29.9. The van der Waals surface area contributed by atoms with Crippen molar-refractivity contribution >= 4 is 35.3 Å². The third-order valence-corrected chi connectivity index (χ3v) is 31.0. The SMILES string of the molecule is C[C@@H]1c2c3cc(cc2O3)[C@@](C)(C2CC3CC(C2)S3)C(C2C3CCCC2S3)C[C@@H](C2CC3CC(C2)S3)[C@@](C)(C2CC3CC(C2)O3)C2C3CC2CC(C3)[C@H](C)[C@@H](C2C3CCCC2C3)[C@@H]1c1cc2cc(c1)O2. The predicted octanol–water partition coefficient (Wildman–Crippen LogP) is 16.5. The first kappa shape index (κ1) is 43.3. The van der Waals surface area contributed by atoms with Crippen LogP contribution < -0.4 is 9.47 Å². The zero-order chi connectivity index (χ0) is 45.4. The van der Waals surface area contributed by atoms with Gasteiger partial charge >= 0.3 is 0 Å². The van der Waals surface area contributed by atoms with Crippen molar-refractivity contribution in [1.29, 1.82) is 0 Å². The van der Waals surface area contributed by atoms with Crippen LogP contribution in [0, 0.1) is 94.2 Å². The largest absolute Gasteiger partial charge is 0.457 e. The van der Waals surface area contributed by atoms with Crippen LogP contribution in [-0.4, -0.2) is 43.7 Å². The molecule has 24 aliphatic rings. The van der Waals surface area contributed by atoms with Crippen LogP contribution >= 0.6 is 35.3 Å². The van der Waals surface area contributed by atoms with Crippen molar-refractivity contribution in [2.45, 2.75) is 217 Å². The standard InChI is InChI=1S/C63H82O3S3/c1-30-34-12-37-14-38(13-34)61(37)63(4,39-19-44-26-45(20-39)65-44)50(35-17-46-27-47(18-35)67-46)29-51(60-54-9-6-10-55(60)69-54)62(3,40-21-48-28-49(22-40)68-48)41-23-52-57(53(24-41)66-52)31(2)56(36-15-42-25-43(16-36)64-42)58(30)59-32-7-5-8-33(59)11-32/h15-16,23-25,30-35,37-40,44-51,54-56,58-61H,5-14,17-22,26-29H2,1-4H3/t30-,31-,32?,33?,34?,35?,37?,38?,39?,40?,44?,45?,46?,47?,48?,49?,50-,51?,54?,55?,56-,58+,59?,60?,61?,62+,63+/m0/s1. The maximum absolute atomic E-state index is 7.03. The Morgan fingerprint density at radius 1 is 0.507 bits per heavy atom. The van der Waals surface area contributed by atoms with Crippen LogP contribution in [0.25, 0.3) is 0 Å². The summed E-state index contributed by atoms with van der Waals surface area (Å²) in [4.78, 5) is 0. The van der Waals surface area contributed by atoms with Gasteiger partial charge in [0.15, 0.2) is 0 Å². The van der Waals surface area contributed by atoms with E-state index in [-0.39, 0.29) is 5.41 Å². The van der Waals surface area contributed by atoms with Crippen molar-refractivity contribution in [3.8, 4) is 23.0 Å². The van der Waals surface area contributed by atoms with Crippen LogP contribution in [0.2, 0.25) is 0 Å². The lowest BCUT2D eigenvalue weighted by Crippen LogP contribution is -2.63. The molecule has 16 fully saturated rings. The number of thioether (sulfide) groups is 3. The van der Waals surface area contributed by atoms with Crippen molar-refractivity contribution in [2.24, 2.45) is 94.2 Å². The van der Waals surface area contributed by atoms with Gasteiger partial charge in [0, 0.05) is 43.1 Å². The molecule has 11 aliphatic heterocycles. The maximum Gasteiger partial charge on any atom is 0.134 e. The zero-order valence-corrected chi connectivity index (χ0v) is 44.9. The van der Waals surface area contributed by atoms with E-state index in [1.165, 1.54) is 133 Å². The summed E-state index contributed by atoms with van der Waals surface area (Å²) < 4.78 is 19.9. The fourth-order valence-electron chi connectivity index (χ4n) is 23.2. The van der Waals surface area contributed by atoms with Gasteiger partial charge in [-0.1, -0.05) is 53.4 Å². The lowest BCUT2D eigenvalue weighted by Gasteiger charge is -2.69. The second kappa shape index (κ2) is 15.3. The molecule has 69 heavy (non-hydrogen) atoms. The van der Waals surface area contributed by atoms with E-state index in [0.717, 1.165) is 126 Å². The fourth-order valence-corrected chi connectivity index (χ4v) is 28.2. The summed E-state index contributed by atoms with van der Waals surface area (Å²) in [6.45, 7) is 11.5. The van der Waals surface area contributed by atoms with E-state index < -0.39 is 0 Å². The smallest absolute Gasteiger partial charge is 0.134 e. The molecule has 6 heteroatoms. The van der Waals surface area contributed by atoms with Gasteiger partial charge < -0.3 is 14.2 Å². The second-order valence-corrected chi connectivity index (χ2v) is 33.3. The van der Waals surface area contributed by atoms with Crippen LogP contribution in [0.5, 0.6) is 23.0 Å². The molecule has 11 heterocycles. The van der Waals surface area contributed by atoms with E-state index in [2.05, 4.69) is 93.3 Å². The van der Waals surface area contributed by atoms with Gasteiger partial charge in [-0.3, -0.25) is 0 Å². The van der Waals surface area contributed by atoms with Gasteiger partial charge in [0.05, 0.1) is 12.2 Å². The van der Waals surface area contributed by atoms with Gasteiger partial charge in [-0.15, -0.1) is 0 Å². The highest BCUT2D eigenvalue weighted by Gasteiger charge is 2.67. The highest BCUT2D eigenvalue weighted by molar-refractivity contribution is 8.02. The highest BCUT2D eigenvalue weighted by Crippen LogP contribution is 2.74. The topological polar surface area (TPSA) is 27.7 Å². The minimum atomic E-state index is 0.172. The average Bonchev–Trinajstić information content (AvgIpc) is 3.33. The molecule has 370 valence electrons. The molecule has 0 amide bonds. The number of fused-ring (bicyclic) bond motifs is 12. The van der Waals surface area contributed by atoms with Crippen molar-refractivity contribution in [2.75, 3.05) is 0 Å². The summed E-state index contributed by atoms with van der Waals surface area (Å²) in [6.07, 6.45) is 30.6. The van der Waals surface area contributed by atoms with Crippen molar-refractivity contribution < 1.29 is 14.2 Å². The first-order valence-corrected chi connectivity index (χ1v) is 32.7. The minimum absolute atomic E-state index is 0.172. The van der Waals surface area contributed by atoms with Crippen molar-refractivity contribution in [3.05, 3.63) is 47.0 Å². The summed E-state index contributed by atoms with van der Waals surface area (Å²) in [5.74, 6) is 18.5. The molecule has 2 aromatic carbocycles. The van der Waals surface area contributed by atoms with Crippen LogP contribution in [0.15, 0.2) is 30.3 Å². The number of ether oxygens (including phenoxy) is 3. The van der Waals surface area contributed by atoms with Crippen molar-refractivity contribution in [1.82, 2.24) is 0 Å². The molecular weight excluding hydrogens is 901 g/mol. The summed E-state index contributed by atoms with van der Waals surface area (Å²) in [5.41, 5.74) is 5.49. The lowest BCUT2D eigenvalue weighted by molar-refractivity contribution is -0.232. The van der Waals surface area contributed by atoms with Crippen LogP contribution in [-0.2, 0) is 10.2 Å². The first-order chi connectivity index (χ1) is 33.6. The summed E-state index contributed by atoms with van der Waals surface area (Å²) >= 11 is 7.25. The van der Waals surface area contributed by atoms with Crippen LogP contribution in [0.1, 0.15) is 185 Å². The summed E-state index contributed by atoms with van der Waals surface area (Å²) in [7, 11) is 0. The van der Waals surface area contributed by atoms with E-state index in [9.17, 15) is 0 Å². The Labute approximate surface area is 428 Å². The Bertz CT molecular complexity index is 2310. The molecule has 0 aromatic heterocycles. The third kappa shape index (κ3) is 6.13. The number of hydrogen-bond donors (Lipinski definition) is 0. The predicted molar refractivity (Wildman–Crippen MR) is 284 cm³/mol. The van der Waals surface area contributed by atoms with Gasteiger partial charge in [0.1, 0.15) is 23.0 Å². The van der Waals surface area contributed by atoms with Crippen molar-refractivity contribution in [3.63, 3.8) is 0 Å². The van der Waals surface area contributed by atoms with E-state index in [1.807, 2.05) is 0 Å². The molecule has 20 bridgehead atoms. The number of benzene rings is 2. The Morgan fingerprint density at radius 3 is 1.70 bits per heavy atom. The quantitative estimate of drug-likeness (QED) is 0.191. The van der Waals surface area contributed by atoms with Crippen LogP contribution in [0.4, 0.5) is 0 Å². The maximum atomic E-state index is 7.03. The molecule has 13 unspecified atom stereocenters. The summed E-state index contributed by atoms with van der Waals surface area (Å²) in [6, 6.07) is 12.8. The lowest BCUT2D eigenvalue weighted by atomic mass is 9.38. The molecule has 2 aromatic rings. The molecule has 13 aliphatic carbocycles. The van der Waals surface area contributed by atoms with Gasteiger partial charge in [-0.2, -0.15) is 35.3 Å². The number of rotatable bonds is 6. The van der Waals surface area contributed by atoms with Crippen LogP contribution in [0.3, 0.4) is 0 Å². The fraction of sp³-hybridized carbons (Fsp3) is 0.810. The van der Waals surface area contributed by atoms with E-state index in [1.54, 1.807) is 23.1 Å². The molecule has 20 atom stereocenters. The normalized spacial score (nSPS) is 56.1. The van der Waals surface area contributed by atoms with Gasteiger partial charge in [-0.25, -0.2) is 0 Å². The number of hydrogen-bond acceptors (Lipinski definition) is 6. The Morgan fingerprint density at radius 2 is 1.09 bits per heavy atom. The Balaban J connectivity index is 0.869. The summed E-state index contributed by atoms with van der Waals surface area (Å²) in [5, 5.41) is 5.39. The molecule has 0 radical (unpaired) electrons. The second-order valence-electron chi connectivity index (χ2n) is 28.6. The molecular formula is C63H82O3S3. The average molecular weight is 984 g/mol. The van der Waals surface area contributed by atoms with Gasteiger partial charge in [0.2, 0.25) is 0 Å². The van der Waals surface area contributed by atoms with E-state index in [0.29, 0.717) is 35.4 Å². The van der Waals surface area contributed by atoms with E-state index in [4.69, 9.17) is 14.2 Å². The zero-order valence-electron chi connectivity index (χ0n) is 42.4. The highest BCUT2D eigenvalue weighted by atomic mass is 32.2. The molecule has 7 saturated heterocycles. The molecule has 9 saturated carbocycles. The molecule has 26 rings (SSSR count). The Kier molecular flexibility index (Phi) is 9.63. The molecule has 0 spiro atoms.